The number of hydrogen-bond acceptors (Lipinski definition) is 3. The average Bonchev–Trinajstić information content (AvgIpc) is 2.43. The minimum Gasteiger partial charge on any atom is -0.388 e. The quantitative estimate of drug-likeness (QED) is 0.785. The van der Waals surface area contributed by atoms with Crippen LogP contribution in [-0.2, 0) is 9.53 Å². The summed E-state index contributed by atoms with van der Waals surface area (Å²) in [6.45, 7) is 0.0395. The van der Waals surface area contributed by atoms with E-state index in [2.05, 4.69) is 4.74 Å². The van der Waals surface area contributed by atoms with Crippen LogP contribution < -0.4 is 0 Å². The molecule has 0 spiro atoms. The van der Waals surface area contributed by atoms with Crippen molar-refractivity contribution in [2.75, 3.05) is 26.3 Å². The first kappa shape index (κ1) is 13.2. The fraction of sp³-hybridized carbons (Fsp3) is 0.889. The number of alkyl halides is 3. The van der Waals surface area contributed by atoms with E-state index in [1.165, 1.54) is 4.90 Å². The van der Waals surface area contributed by atoms with Crippen molar-refractivity contribution in [3.05, 3.63) is 0 Å². The van der Waals surface area contributed by atoms with Crippen molar-refractivity contribution in [3.8, 4) is 0 Å². The number of nitrogens with zero attached hydrogens (tertiary/aromatic N) is 1. The van der Waals surface area contributed by atoms with E-state index in [4.69, 9.17) is 0 Å². The van der Waals surface area contributed by atoms with E-state index in [-0.39, 0.29) is 6.54 Å². The van der Waals surface area contributed by atoms with Gasteiger partial charge in [-0.15, -0.1) is 0 Å². The van der Waals surface area contributed by atoms with Crippen LogP contribution in [0.1, 0.15) is 13.3 Å². The van der Waals surface area contributed by atoms with E-state index in [1.807, 2.05) is 0 Å². The predicted octanol–water partition coefficient (Wildman–Crippen LogP) is 0.549. The number of ether oxygens (including phenoxy) is 1. The van der Waals surface area contributed by atoms with Gasteiger partial charge in [0.2, 0.25) is 5.91 Å². The third-order valence-electron chi connectivity index (χ3n) is 2.30. The Labute approximate surface area is 91.0 Å². The van der Waals surface area contributed by atoms with Crippen LogP contribution in [0.2, 0.25) is 0 Å². The fourth-order valence-electron chi connectivity index (χ4n) is 1.50. The van der Waals surface area contributed by atoms with Gasteiger partial charge in [-0.05, 0) is 13.3 Å². The van der Waals surface area contributed by atoms with Crippen molar-refractivity contribution in [1.29, 1.82) is 0 Å². The zero-order valence-electron chi connectivity index (χ0n) is 8.88. The van der Waals surface area contributed by atoms with E-state index in [1.54, 1.807) is 6.92 Å². The molecule has 0 radical (unpaired) electrons. The van der Waals surface area contributed by atoms with Crippen LogP contribution in [0.5, 0.6) is 0 Å². The molecule has 0 aliphatic carbocycles. The van der Waals surface area contributed by atoms with Crippen LogP contribution in [-0.4, -0.2) is 54.0 Å². The molecule has 7 heteroatoms. The Bertz CT molecular complexity index is 265. The van der Waals surface area contributed by atoms with Gasteiger partial charge >= 0.3 is 6.18 Å². The minimum absolute atomic E-state index is 0.140. The number of β-amino-alcohol motifs (C(OH)–C–C–N with tert-alkyl or cyclic N) is 1. The smallest absolute Gasteiger partial charge is 0.388 e. The van der Waals surface area contributed by atoms with E-state index in [0.29, 0.717) is 13.0 Å². The summed E-state index contributed by atoms with van der Waals surface area (Å²) in [5, 5.41) is 9.55. The Hall–Kier alpha value is -0.820. The molecule has 0 bridgehead atoms. The highest BCUT2D eigenvalue weighted by atomic mass is 19.4. The van der Waals surface area contributed by atoms with Crippen LogP contribution in [0.3, 0.4) is 0 Å². The molecule has 0 aromatic heterocycles. The summed E-state index contributed by atoms with van der Waals surface area (Å²) < 4.78 is 39.4. The molecule has 0 aromatic rings. The molecular weight excluding hydrogens is 227 g/mol. The van der Waals surface area contributed by atoms with Gasteiger partial charge in [0, 0.05) is 13.1 Å². The van der Waals surface area contributed by atoms with Gasteiger partial charge in [0.05, 0.1) is 5.60 Å². The molecule has 1 heterocycles. The van der Waals surface area contributed by atoms with Crippen molar-refractivity contribution in [3.63, 3.8) is 0 Å². The number of aliphatic hydroxyl groups is 1. The summed E-state index contributed by atoms with van der Waals surface area (Å²) >= 11 is 0. The van der Waals surface area contributed by atoms with Gasteiger partial charge in [-0.1, -0.05) is 0 Å². The first-order chi connectivity index (χ1) is 7.20. The lowest BCUT2D eigenvalue weighted by molar-refractivity contribution is -0.177. The Morgan fingerprint density at radius 2 is 2.19 bits per heavy atom. The fourth-order valence-corrected chi connectivity index (χ4v) is 1.50. The molecule has 94 valence electrons. The average molecular weight is 241 g/mol. The van der Waals surface area contributed by atoms with Crippen LogP contribution in [0, 0.1) is 0 Å². The summed E-state index contributed by atoms with van der Waals surface area (Å²) in [6.07, 6.45) is -3.99. The highest BCUT2D eigenvalue weighted by Gasteiger charge is 2.34. The first-order valence-electron chi connectivity index (χ1n) is 4.84. The van der Waals surface area contributed by atoms with E-state index < -0.39 is 30.9 Å². The molecule has 1 fully saturated rings. The highest BCUT2D eigenvalue weighted by molar-refractivity contribution is 5.77. The maximum Gasteiger partial charge on any atom is 0.411 e. The van der Waals surface area contributed by atoms with Gasteiger partial charge in [-0.3, -0.25) is 4.79 Å². The Kier molecular flexibility index (Phi) is 3.80. The van der Waals surface area contributed by atoms with E-state index in [0.717, 1.165) is 0 Å². The van der Waals surface area contributed by atoms with Crippen molar-refractivity contribution < 1.29 is 27.8 Å². The molecule has 16 heavy (non-hydrogen) atoms. The molecule has 1 amide bonds. The Morgan fingerprint density at radius 3 is 2.62 bits per heavy atom. The SMILES string of the molecule is CC1(O)CCN(C(=O)COCC(F)(F)F)C1. The molecule has 0 saturated carbocycles. The summed E-state index contributed by atoms with van der Waals surface area (Å²) in [7, 11) is 0. The topological polar surface area (TPSA) is 49.8 Å². The van der Waals surface area contributed by atoms with Crippen LogP contribution >= 0.6 is 0 Å². The maximum atomic E-state index is 11.7. The van der Waals surface area contributed by atoms with Gasteiger partial charge in [-0.25, -0.2) is 0 Å². The monoisotopic (exact) mass is 241 g/mol. The second-order valence-corrected chi connectivity index (χ2v) is 4.17. The summed E-state index contributed by atoms with van der Waals surface area (Å²) in [5.41, 5.74) is -0.945. The number of carbonyl (C=O) groups is 1. The van der Waals surface area contributed by atoms with E-state index >= 15 is 0 Å². The Morgan fingerprint density at radius 1 is 1.56 bits per heavy atom. The molecule has 1 aliphatic rings. The lowest BCUT2D eigenvalue weighted by Crippen LogP contribution is -2.36. The van der Waals surface area contributed by atoms with Crippen LogP contribution in [0.15, 0.2) is 0 Å². The molecule has 1 atom stereocenters. The molecule has 1 aliphatic heterocycles. The zero-order chi connectivity index (χ0) is 12.4. The highest BCUT2D eigenvalue weighted by Crippen LogP contribution is 2.20. The van der Waals surface area contributed by atoms with Gasteiger partial charge in [0.25, 0.3) is 0 Å². The van der Waals surface area contributed by atoms with E-state index in [9.17, 15) is 23.1 Å². The standard InChI is InChI=1S/C9H14F3NO3/c1-8(15)2-3-13(5-8)7(14)4-16-6-9(10,11)12/h15H,2-6H2,1H3. The third-order valence-corrected chi connectivity index (χ3v) is 2.30. The predicted molar refractivity (Wildman–Crippen MR) is 48.7 cm³/mol. The van der Waals surface area contributed by atoms with Crippen molar-refractivity contribution in [2.24, 2.45) is 0 Å². The van der Waals surface area contributed by atoms with Gasteiger partial charge < -0.3 is 14.7 Å². The normalized spacial score (nSPS) is 26.2. The van der Waals surface area contributed by atoms with Crippen molar-refractivity contribution in [1.82, 2.24) is 4.90 Å². The molecule has 1 saturated heterocycles. The first-order valence-corrected chi connectivity index (χ1v) is 4.84. The third kappa shape index (κ3) is 4.36. The number of likely N-dealkylation sites (tertiary alicyclic amines) is 1. The number of amides is 1. The van der Waals surface area contributed by atoms with Crippen LogP contribution in [0.4, 0.5) is 13.2 Å². The summed E-state index contributed by atoms with van der Waals surface area (Å²) in [6, 6.07) is 0. The molecule has 1 unspecified atom stereocenters. The number of rotatable bonds is 3. The van der Waals surface area contributed by atoms with Gasteiger partial charge in [0.15, 0.2) is 0 Å². The molecule has 1 N–H and O–H groups in total. The Balaban J connectivity index is 2.27. The summed E-state index contributed by atoms with van der Waals surface area (Å²) in [4.78, 5) is 12.6. The minimum atomic E-state index is -4.42. The molecule has 4 nitrogen and oxygen atoms in total. The van der Waals surface area contributed by atoms with Crippen molar-refractivity contribution in [2.45, 2.75) is 25.1 Å². The lowest BCUT2D eigenvalue weighted by Gasteiger charge is -2.19. The second-order valence-electron chi connectivity index (χ2n) is 4.17. The zero-order valence-corrected chi connectivity index (χ0v) is 8.88. The van der Waals surface area contributed by atoms with Gasteiger partial charge in [-0.2, -0.15) is 13.2 Å². The molecule has 0 aromatic carbocycles. The number of carbonyl (C=O) groups excluding carboxylic acids is 1. The van der Waals surface area contributed by atoms with Crippen LogP contribution in [0.25, 0.3) is 0 Å². The number of halogens is 3. The molecular formula is C9H14F3NO3. The summed E-state index contributed by atoms with van der Waals surface area (Å²) in [5.74, 6) is -0.526. The number of hydrogen-bond donors (Lipinski definition) is 1. The van der Waals surface area contributed by atoms with Crippen molar-refractivity contribution >= 4 is 5.91 Å². The largest absolute Gasteiger partial charge is 0.411 e. The lowest BCUT2D eigenvalue weighted by atomic mass is 10.1. The maximum absolute atomic E-state index is 11.7. The van der Waals surface area contributed by atoms with Gasteiger partial charge in [0.1, 0.15) is 13.2 Å². The molecule has 1 rings (SSSR count). The second kappa shape index (κ2) is 4.58.